The van der Waals surface area contributed by atoms with Crippen molar-refractivity contribution >= 4 is 23.9 Å². The summed E-state index contributed by atoms with van der Waals surface area (Å²) >= 11 is 0. The molecule has 0 aromatic heterocycles. The van der Waals surface area contributed by atoms with Gasteiger partial charge in [-0.05, 0) is 24.0 Å². The fraction of sp³-hybridized carbons (Fsp3) is 0.333. The minimum Gasteiger partial charge on any atom is -0.545 e. The molecule has 9 heteroatoms. The van der Waals surface area contributed by atoms with E-state index in [1.807, 2.05) is 0 Å². The van der Waals surface area contributed by atoms with E-state index >= 15 is 0 Å². The van der Waals surface area contributed by atoms with Crippen LogP contribution in [0.5, 0.6) is 0 Å². The van der Waals surface area contributed by atoms with Crippen molar-refractivity contribution in [1.82, 2.24) is 0 Å². The van der Waals surface area contributed by atoms with Crippen LogP contribution in [-0.4, -0.2) is 34.1 Å². The van der Waals surface area contributed by atoms with Crippen molar-refractivity contribution in [3.05, 3.63) is 24.3 Å². The Morgan fingerprint density at radius 2 is 0.952 bits per heavy atom. The van der Waals surface area contributed by atoms with Gasteiger partial charge in [-0.25, -0.2) is 0 Å². The second-order valence-corrected chi connectivity index (χ2v) is 3.57. The number of aliphatic carboxylic acids is 4. The van der Waals surface area contributed by atoms with Crippen LogP contribution >= 0.6 is 0 Å². The van der Waals surface area contributed by atoms with Gasteiger partial charge in [0.25, 0.3) is 0 Å². The van der Waals surface area contributed by atoms with Gasteiger partial charge in [0, 0.05) is 12.8 Å². The van der Waals surface area contributed by atoms with Crippen LogP contribution in [0.4, 0.5) is 0 Å². The number of carboxylic acid groups (broad SMARTS) is 4. The molecule has 0 saturated carbocycles. The van der Waals surface area contributed by atoms with E-state index in [0.29, 0.717) is 0 Å². The normalized spacial score (nSPS) is 8.38. The molecule has 2 N–H and O–H groups in total. The van der Waals surface area contributed by atoms with Gasteiger partial charge >= 0.3 is 31.4 Å². The second-order valence-electron chi connectivity index (χ2n) is 3.57. The Morgan fingerprint density at radius 3 is 1.10 bits per heavy atom. The molecule has 0 fully saturated rings. The summed E-state index contributed by atoms with van der Waals surface area (Å²) in [4.78, 5) is 39.6. The van der Waals surface area contributed by atoms with Gasteiger partial charge in [0.05, 0.1) is 11.9 Å². The zero-order valence-electron chi connectivity index (χ0n) is 11.3. The first-order valence-corrected chi connectivity index (χ1v) is 5.29. The molecule has 0 unspecified atom stereocenters. The van der Waals surface area contributed by atoms with Gasteiger partial charge in [0.1, 0.15) is 0 Å². The van der Waals surface area contributed by atoms with Crippen LogP contribution < -0.4 is 10.2 Å². The predicted molar refractivity (Wildman–Crippen MR) is 62.0 cm³/mol. The van der Waals surface area contributed by atoms with Gasteiger partial charge in [-0.3, -0.25) is 9.59 Å². The number of carboxylic acids is 4. The molecule has 112 valence electrons. The Hall–Kier alpha value is -2.02. The first-order chi connectivity index (χ1) is 9.07. The molecule has 0 aliphatic heterocycles. The standard InChI is InChI=1S/2C6H8O4.Zn/c2*1-4(6(9)10)2-3-5(7)8;/h2*1-3H2,(H,7,8)(H,9,10);/q;;+2/p-2. The van der Waals surface area contributed by atoms with Crippen LogP contribution in [0.2, 0.25) is 0 Å². The van der Waals surface area contributed by atoms with Gasteiger partial charge in [0.2, 0.25) is 0 Å². The van der Waals surface area contributed by atoms with E-state index in [-0.39, 0.29) is 56.3 Å². The molecule has 0 aromatic carbocycles. The maximum absolute atomic E-state index is 9.91. The number of carbonyl (C=O) groups is 4. The molecule has 0 amide bonds. The van der Waals surface area contributed by atoms with E-state index in [9.17, 15) is 29.4 Å². The van der Waals surface area contributed by atoms with Gasteiger partial charge in [-0.1, -0.05) is 13.2 Å². The molecule has 0 heterocycles. The molecule has 0 saturated heterocycles. The van der Waals surface area contributed by atoms with E-state index in [1.54, 1.807) is 0 Å². The summed E-state index contributed by atoms with van der Waals surface area (Å²) in [7, 11) is 0. The monoisotopic (exact) mass is 350 g/mol. The van der Waals surface area contributed by atoms with Crippen molar-refractivity contribution in [2.45, 2.75) is 25.7 Å². The summed E-state index contributed by atoms with van der Waals surface area (Å²) in [5.74, 6) is -4.85. The molecule has 0 aliphatic carbocycles. The van der Waals surface area contributed by atoms with E-state index in [1.165, 1.54) is 0 Å². The maximum Gasteiger partial charge on any atom is 2.00 e. The summed E-state index contributed by atoms with van der Waals surface area (Å²) in [5.41, 5.74) is -0.357. The fourth-order valence-electron chi connectivity index (χ4n) is 0.720. The molecule has 0 aliphatic rings. The average Bonchev–Trinajstić information content (AvgIpc) is 2.33. The Labute approximate surface area is 133 Å². The van der Waals surface area contributed by atoms with Crippen LogP contribution in [0.25, 0.3) is 0 Å². The van der Waals surface area contributed by atoms with Crippen LogP contribution in [0.1, 0.15) is 25.7 Å². The molecule has 0 bridgehead atoms. The zero-order chi connectivity index (χ0) is 16.3. The summed E-state index contributed by atoms with van der Waals surface area (Å²) in [6.07, 6.45) is -0.547. The summed E-state index contributed by atoms with van der Waals surface area (Å²) < 4.78 is 0. The molecular weight excluding hydrogens is 338 g/mol. The Bertz CT molecular complexity index is 387. The van der Waals surface area contributed by atoms with Gasteiger partial charge in [-0.15, -0.1) is 0 Å². The topological polar surface area (TPSA) is 155 Å². The largest absolute Gasteiger partial charge is 2.00 e. The number of rotatable bonds is 8. The first kappa shape index (κ1) is 24.0. The average molecular weight is 352 g/mol. The summed E-state index contributed by atoms with van der Waals surface area (Å²) in [6, 6.07) is 0. The zero-order valence-corrected chi connectivity index (χ0v) is 14.3. The van der Waals surface area contributed by atoms with Crippen molar-refractivity contribution in [2.24, 2.45) is 0 Å². The SMILES string of the molecule is C=C(CCC(=O)O)C(=O)[O-].C=C(CCC(=O)O)C(=O)[O-].[Zn+2]. The predicted octanol–water partition coefficient (Wildman–Crippen LogP) is -1.69. The van der Waals surface area contributed by atoms with E-state index in [4.69, 9.17) is 10.2 Å². The molecule has 21 heavy (non-hydrogen) atoms. The number of hydrogen-bond donors (Lipinski definition) is 2. The van der Waals surface area contributed by atoms with E-state index in [2.05, 4.69) is 13.2 Å². The molecule has 0 rings (SSSR count). The van der Waals surface area contributed by atoms with Gasteiger partial charge in [-0.2, -0.15) is 0 Å². The van der Waals surface area contributed by atoms with E-state index < -0.39 is 23.9 Å². The molecule has 0 spiro atoms. The first-order valence-electron chi connectivity index (χ1n) is 5.29. The number of carbonyl (C=O) groups excluding carboxylic acids is 2. The Balaban J connectivity index is -0.000000295. The van der Waals surface area contributed by atoms with E-state index in [0.717, 1.165) is 0 Å². The molecule has 0 aromatic rings. The molecule has 0 atom stereocenters. The number of hydrogen-bond acceptors (Lipinski definition) is 6. The minimum absolute atomic E-state index is 0. The molecule has 8 nitrogen and oxygen atoms in total. The third-order valence-corrected chi connectivity index (χ3v) is 1.86. The third kappa shape index (κ3) is 18.0. The maximum atomic E-state index is 9.91. The van der Waals surface area contributed by atoms with Crippen LogP contribution in [0.3, 0.4) is 0 Å². The molecule has 0 radical (unpaired) electrons. The van der Waals surface area contributed by atoms with Crippen molar-refractivity contribution in [3.8, 4) is 0 Å². The van der Waals surface area contributed by atoms with Crippen LogP contribution in [0.15, 0.2) is 24.3 Å². The van der Waals surface area contributed by atoms with Crippen LogP contribution in [0, 0.1) is 0 Å². The van der Waals surface area contributed by atoms with Gasteiger partial charge < -0.3 is 30.0 Å². The fourth-order valence-corrected chi connectivity index (χ4v) is 0.720. The van der Waals surface area contributed by atoms with Crippen molar-refractivity contribution in [2.75, 3.05) is 0 Å². The summed E-state index contributed by atoms with van der Waals surface area (Å²) in [6.45, 7) is 6.20. The quantitative estimate of drug-likeness (QED) is 0.388. The summed E-state index contributed by atoms with van der Waals surface area (Å²) in [5, 5.41) is 36.0. The van der Waals surface area contributed by atoms with Gasteiger partial charge in [0.15, 0.2) is 0 Å². The minimum atomic E-state index is -1.39. The third-order valence-electron chi connectivity index (χ3n) is 1.86. The second kappa shape index (κ2) is 13.0. The Morgan fingerprint density at radius 1 is 0.714 bits per heavy atom. The van der Waals surface area contributed by atoms with Crippen molar-refractivity contribution < 1.29 is 59.1 Å². The molecular formula is C12H14O8Zn. The smallest absolute Gasteiger partial charge is 0.545 e. The Kier molecular flexibility index (Phi) is 14.9. The van der Waals surface area contributed by atoms with Crippen molar-refractivity contribution in [1.29, 1.82) is 0 Å². The van der Waals surface area contributed by atoms with Crippen molar-refractivity contribution in [3.63, 3.8) is 0 Å². The van der Waals surface area contributed by atoms with Crippen LogP contribution in [-0.2, 0) is 38.7 Å².